The van der Waals surface area contributed by atoms with Gasteiger partial charge in [-0.25, -0.2) is 0 Å². The Bertz CT molecular complexity index is 703. The van der Waals surface area contributed by atoms with Gasteiger partial charge < -0.3 is 18.0 Å². The van der Waals surface area contributed by atoms with Gasteiger partial charge in [-0.1, -0.05) is 61.9 Å². The van der Waals surface area contributed by atoms with Crippen LogP contribution < -0.4 is 4.74 Å². The summed E-state index contributed by atoms with van der Waals surface area (Å²) in [6.45, 7) is 10.6. The highest BCUT2D eigenvalue weighted by atomic mass is 28.4. The molecule has 0 aliphatic rings. The van der Waals surface area contributed by atoms with Crippen LogP contribution in [0.2, 0.25) is 6.04 Å². The van der Waals surface area contributed by atoms with E-state index in [9.17, 15) is 0 Å². The zero-order valence-corrected chi connectivity index (χ0v) is 20.1. The molecule has 0 aliphatic heterocycles. The van der Waals surface area contributed by atoms with Crippen molar-refractivity contribution in [2.75, 3.05) is 26.4 Å². The van der Waals surface area contributed by atoms with Gasteiger partial charge in [0.25, 0.3) is 0 Å². The lowest BCUT2D eigenvalue weighted by Crippen LogP contribution is -2.46. The Balaban J connectivity index is 2.14. The van der Waals surface area contributed by atoms with Crippen molar-refractivity contribution in [1.29, 1.82) is 0 Å². The summed E-state index contributed by atoms with van der Waals surface area (Å²) in [6, 6.07) is 17.7. The number of rotatable bonds is 15. The van der Waals surface area contributed by atoms with Crippen LogP contribution in [0.15, 0.2) is 48.5 Å². The minimum Gasteiger partial charge on any atom is -0.493 e. The van der Waals surface area contributed by atoms with Crippen LogP contribution in [0.4, 0.5) is 0 Å². The molecule has 2 rings (SSSR count). The Hall–Kier alpha value is -1.66. The maximum atomic E-state index is 6.41. The third-order valence-corrected chi connectivity index (χ3v) is 8.10. The van der Waals surface area contributed by atoms with Gasteiger partial charge in [-0.15, -0.1) is 0 Å². The summed E-state index contributed by atoms with van der Waals surface area (Å²) in [4.78, 5) is 0. The minimum atomic E-state index is -2.63. The molecule has 0 atom stereocenters. The molecule has 0 aliphatic carbocycles. The van der Waals surface area contributed by atoms with Crippen molar-refractivity contribution >= 4 is 8.80 Å². The highest BCUT2D eigenvalue weighted by Gasteiger charge is 2.39. The van der Waals surface area contributed by atoms with Crippen LogP contribution in [0.25, 0.3) is 11.1 Å². The second kappa shape index (κ2) is 13.6. The highest BCUT2D eigenvalue weighted by molar-refractivity contribution is 6.60. The number of benzene rings is 2. The third kappa shape index (κ3) is 7.24. The van der Waals surface area contributed by atoms with E-state index in [0.717, 1.165) is 36.6 Å². The van der Waals surface area contributed by atoms with Crippen molar-refractivity contribution in [3.63, 3.8) is 0 Å². The maximum Gasteiger partial charge on any atom is 0.501 e. The van der Waals surface area contributed by atoms with E-state index in [-0.39, 0.29) is 0 Å². The van der Waals surface area contributed by atoms with Crippen molar-refractivity contribution in [1.82, 2.24) is 0 Å². The van der Waals surface area contributed by atoms with Gasteiger partial charge in [0, 0.05) is 31.4 Å². The van der Waals surface area contributed by atoms with E-state index >= 15 is 0 Å². The van der Waals surface area contributed by atoms with Crippen LogP contribution in [-0.2, 0) is 19.7 Å². The molecule has 0 bridgehead atoms. The predicted octanol–water partition coefficient (Wildman–Crippen LogP) is 6.51. The lowest BCUT2D eigenvalue weighted by Gasteiger charge is -2.28. The van der Waals surface area contributed by atoms with Crippen molar-refractivity contribution in [3.8, 4) is 16.9 Å². The molecule has 0 spiro atoms. The average Bonchev–Trinajstić information content (AvgIpc) is 2.77. The van der Waals surface area contributed by atoms with Crippen LogP contribution in [0, 0.1) is 0 Å². The maximum absolute atomic E-state index is 6.41. The van der Waals surface area contributed by atoms with Crippen molar-refractivity contribution < 1.29 is 18.0 Å². The number of unbranched alkanes of at least 4 members (excludes halogenated alkanes) is 1. The van der Waals surface area contributed by atoms with Crippen LogP contribution in [-0.4, -0.2) is 35.2 Å². The molecule has 0 heterocycles. The molecule has 166 valence electrons. The zero-order valence-electron chi connectivity index (χ0n) is 19.1. The molecule has 0 N–H and O–H groups in total. The minimum absolute atomic E-state index is 0.602. The number of hydrogen-bond acceptors (Lipinski definition) is 4. The van der Waals surface area contributed by atoms with Gasteiger partial charge >= 0.3 is 8.80 Å². The second-order valence-electron chi connectivity index (χ2n) is 7.20. The molecule has 0 unspecified atom stereocenters. The summed E-state index contributed by atoms with van der Waals surface area (Å²) >= 11 is 0. The highest BCUT2D eigenvalue weighted by Crippen LogP contribution is 2.34. The Labute approximate surface area is 183 Å². The molecule has 0 aromatic heterocycles. The smallest absolute Gasteiger partial charge is 0.493 e. The standard InChI is InChI=1S/C25H38O4Si/c1-5-9-15-23-18-13-19-24(22-16-11-10-12-17-22)25(23)26-20-14-21-30(27-6-2,28-7-3)29-8-4/h10-13,16-19H,5-9,14-15,20-21H2,1-4H3. The molecule has 4 nitrogen and oxygen atoms in total. The first-order valence-corrected chi connectivity index (χ1v) is 13.3. The van der Waals surface area contributed by atoms with Gasteiger partial charge in [-0.3, -0.25) is 0 Å². The number of para-hydroxylation sites is 1. The van der Waals surface area contributed by atoms with E-state index in [0.29, 0.717) is 26.4 Å². The zero-order chi connectivity index (χ0) is 21.7. The van der Waals surface area contributed by atoms with E-state index in [1.165, 1.54) is 17.5 Å². The van der Waals surface area contributed by atoms with Crippen LogP contribution in [0.1, 0.15) is 52.5 Å². The topological polar surface area (TPSA) is 36.9 Å². The van der Waals surface area contributed by atoms with Crippen LogP contribution in [0.3, 0.4) is 0 Å². The van der Waals surface area contributed by atoms with E-state index in [1.807, 2.05) is 26.8 Å². The fourth-order valence-electron chi connectivity index (χ4n) is 3.63. The summed E-state index contributed by atoms with van der Waals surface area (Å²) in [6.07, 6.45) is 4.19. The lowest BCUT2D eigenvalue weighted by atomic mass is 9.98. The first-order chi connectivity index (χ1) is 14.7. The SMILES string of the molecule is CCCCc1cccc(-c2ccccc2)c1OCCC[Si](OCC)(OCC)OCC. The number of hydrogen-bond donors (Lipinski definition) is 0. The normalized spacial score (nSPS) is 11.6. The summed E-state index contributed by atoms with van der Waals surface area (Å²) in [7, 11) is -2.63. The van der Waals surface area contributed by atoms with Gasteiger partial charge in [-0.2, -0.15) is 0 Å². The molecule has 30 heavy (non-hydrogen) atoms. The molecule has 5 heteroatoms. The Morgan fingerprint density at radius 1 is 0.733 bits per heavy atom. The molecule has 2 aromatic rings. The Kier molecular flexibility index (Phi) is 11.2. The number of aryl methyl sites for hydroxylation is 1. The summed E-state index contributed by atoms with van der Waals surface area (Å²) in [5.74, 6) is 1.01. The molecule has 0 saturated heterocycles. The fraction of sp³-hybridized carbons (Fsp3) is 0.520. The molecule has 0 fully saturated rings. The molecule has 0 amide bonds. The van der Waals surface area contributed by atoms with Crippen molar-refractivity contribution in [2.45, 2.75) is 59.4 Å². The molecule has 2 aromatic carbocycles. The molecule has 0 saturated carbocycles. The van der Waals surface area contributed by atoms with Gasteiger partial charge in [0.1, 0.15) is 5.75 Å². The van der Waals surface area contributed by atoms with E-state index in [1.54, 1.807) is 0 Å². The van der Waals surface area contributed by atoms with Gasteiger partial charge in [0.2, 0.25) is 0 Å². The van der Waals surface area contributed by atoms with Gasteiger partial charge in [0.05, 0.1) is 6.61 Å². The summed E-state index contributed by atoms with van der Waals surface area (Å²) in [5.41, 5.74) is 3.63. The molecular weight excluding hydrogens is 392 g/mol. The average molecular weight is 431 g/mol. The number of ether oxygens (including phenoxy) is 1. The van der Waals surface area contributed by atoms with Crippen molar-refractivity contribution in [3.05, 3.63) is 54.1 Å². The monoisotopic (exact) mass is 430 g/mol. The lowest BCUT2D eigenvalue weighted by molar-refractivity contribution is 0.0696. The quantitative estimate of drug-likeness (QED) is 0.238. The molecule has 0 radical (unpaired) electrons. The summed E-state index contributed by atoms with van der Waals surface area (Å²) in [5, 5.41) is 0. The summed E-state index contributed by atoms with van der Waals surface area (Å²) < 4.78 is 24.3. The van der Waals surface area contributed by atoms with E-state index in [4.69, 9.17) is 18.0 Å². The van der Waals surface area contributed by atoms with Crippen LogP contribution >= 0.6 is 0 Å². The predicted molar refractivity (Wildman–Crippen MR) is 126 cm³/mol. The third-order valence-electron chi connectivity index (χ3n) is 4.95. The second-order valence-corrected chi connectivity index (χ2v) is 9.93. The molecular formula is C25H38O4Si. The van der Waals surface area contributed by atoms with E-state index < -0.39 is 8.80 Å². The van der Waals surface area contributed by atoms with E-state index in [2.05, 4.69) is 49.4 Å². The Morgan fingerprint density at radius 3 is 2.00 bits per heavy atom. The van der Waals surface area contributed by atoms with Gasteiger partial charge in [0.15, 0.2) is 0 Å². The fourth-order valence-corrected chi connectivity index (χ4v) is 6.21. The van der Waals surface area contributed by atoms with Crippen LogP contribution in [0.5, 0.6) is 5.75 Å². The van der Waals surface area contributed by atoms with Crippen molar-refractivity contribution in [2.24, 2.45) is 0 Å². The first kappa shape index (κ1) is 24.6. The van der Waals surface area contributed by atoms with Gasteiger partial charge in [-0.05, 0) is 51.2 Å². The first-order valence-electron chi connectivity index (χ1n) is 11.4. The largest absolute Gasteiger partial charge is 0.501 e. The Morgan fingerprint density at radius 2 is 1.40 bits per heavy atom.